The number of urea groups is 1. The highest BCUT2D eigenvalue weighted by Gasteiger charge is 2.18. The van der Waals surface area contributed by atoms with Gasteiger partial charge in [0.2, 0.25) is 0 Å². The van der Waals surface area contributed by atoms with Gasteiger partial charge in [0, 0.05) is 22.1 Å². The summed E-state index contributed by atoms with van der Waals surface area (Å²) in [6, 6.07) is 6.64. The Kier molecular flexibility index (Phi) is 5.88. The van der Waals surface area contributed by atoms with Crippen molar-refractivity contribution in [2.75, 3.05) is 10.6 Å². The molecule has 0 unspecified atom stereocenters. The summed E-state index contributed by atoms with van der Waals surface area (Å²) in [5.41, 5.74) is 0.908. The minimum atomic E-state index is -0.434. The number of carbonyl (C=O) groups excluding carboxylic acids is 2. The molecule has 1 saturated carbocycles. The van der Waals surface area contributed by atoms with Crippen LogP contribution >= 0.6 is 22.9 Å². The number of rotatable bonds is 4. The number of aromatic nitrogens is 1. The van der Waals surface area contributed by atoms with Crippen molar-refractivity contribution in [1.82, 2.24) is 10.3 Å². The van der Waals surface area contributed by atoms with Crippen molar-refractivity contribution in [3.63, 3.8) is 0 Å². The summed E-state index contributed by atoms with van der Waals surface area (Å²) in [5.74, 6) is -0.188. The highest BCUT2D eigenvalue weighted by molar-refractivity contribution is 7.14. The Morgan fingerprint density at radius 3 is 2.72 bits per heavy atom. The molecule has 1 heterocycles. The molecule has 8 heteroatoms. The van der Waals surface area contributed by atoms with Crippen LogP contribution in [0.5, 0.6) is 0 Å². The minimum Gasteiger partial charge on any atom is -0.348 e. The second-order valence-corrected chi connectivity index (χ2v) is 7.23. The van der Waals surface area contributed by atoms with E-state index in [4.69, 9.17) is 11.6 Å². The Balaban J connectivity index is 1.53. The minimum absolute atomic E-state index is 0.188. The lowest BCUT2D eigenvalue weighted by atomic mass is 9.95. The predicted octanol–water partition coefficient (Wildman–Crippen LogP) is 4.50. The van der Waals surface area contributed by atoms with Crippen LogP contribution in [-0.4, -0.2) is 23.0 Å². The maximum atomic E-state index is 12.2. The number of hydrogen-bond donors (Lipinski definition) is 3. The van der Waals surface area contributed by atoms with E-state index in [9.17, 15) is 9.59 Å². The first-order valence-electron chi connectivity index (χ1n) is 8.20. The molecule has 132 valence electrons. The molecule has 1 aromatic carbocycles. The van der Waals surface area contributed by atoms with E-state index in [2.05, 4.69) is 20.9 Å². The van der Waals surface area contributed by atoms with Gasteiger partial charge in [0.1, 0.15) is 5.69 Å². The summed E-state index contributed by atoms with van der Waals surface area (Å²) in [7, 11) is 0. The standard InChI is InChI=1S/C17H19ClN4O2S/c18-11-5-4-8-13(9-11)20-16(24)22-17-21-14(10-25-17)15(23)19-12-6-2-1-3-7-12/h4-5,8-10,12H,1-3,6-7H2,(H,19,23)(H2,20,21,22,24). The third-order valence-electron chi connectivity index (χ3n) is 3.98. The lowest BCUT2D eigenvalue weighted by Gasteiger charge is -2.22. The monoisotopic (exact) mass is 378 g/mol. The number of amides is 3. The summed E-state index contributed by atoms with van der Waals surface area (Å²) in [6.07, 6.45) is 5.57. The molecule has 3 amide bonds. The molecule has 3 N–H and O–H groups in total. The van der Waals surface area contributed by atoms with Crippen LogP contribution in [0.3, 0.4) is 0 Å². The van der Waals surface area contributed by atoms with E-state index < -0.39 is 6.03 Å². The molecule has 0 spiro atoms. The zero-order valence-corrected chi connectivity index (χ0v) is 15.1. The van der Waals surface area contributed by atoms with Crippen molar-refractivity contribution < 1.29 is 9.59 Å². The Morgan fingerprint density at radius 2 is 1.96 bits per heavy atom. The van der Waals surface area contributed by atoms with Gasteiger partial charge in [0.05, 0.1) is 0 Å². The number of benzene rings is 1. The fourth-order valence-electron chi connectivity index (χ4n) is 2.77. The van der Waals surface area contributed by atoms with Gasteiger partial charge in [0.15, 0.2) is 5.13 Å². The molecule has 1 fully saturated rings. The smallest absolute Gasteiger partial charge is 0.325 e. The van der Waals surface area contributed by atoms with Gasteiger partial charge in [-0.15, -0.1) is 11.3 Å². The van der Waals surface area contributed by atoms with Crippen molar-refractivity contribution in [2.24, 2.45) is 0 Å². The van der Waals surface area contributed by atoms with E-state index in [-0.39, 0.29) is 11.9 Å². The van der Waals surface area contributed by atoms with E-state index in [0.29, 0.717) is 21.5 Å². The lowest BCUT2D eigenvalue weighted by molar-refractivity contribution is 0.0923. The van der Waals surface area contributed by atoms with E-state index in [1.165, 1.54) is 17.8 Å². The number of hydrogen-bond acceptors (Lipinski definition) is 4. The maximum absolute atomic E-state index is 12.2. The third-order valence-corrected chi connectivity index (χ3v) is 4.97. The Bertz CT molecular complexity index is 759. The van der Waals surface area contributed by atoms with Crippen LogP contribution in [0.2, 0.25) is 5.02 Å². The van der Waals surface area contributed by atoms with Crippen molar-refractivity contribution in [2.45, 2.75) is 38.1 Å². The normalized spacial score (nSPS) is 14.8. The second-order valence-electron chi connectivity index (χ2n) is 5.94. The molecular formula is C17H19ClN4O2S. The summed E-state index contributed by atoms with van der Waals surface area (Å²) in [4.78, 5) is 28.4. The third kappa shape index (κ3) is 5.17. The molecule has 0 atom stereocenters. The average molecular weight is 379 g/mol. The van der Waals surface area contributed by atoms with Gasteiger partial charge >= 0.3 is 6.03 Å². The number of thiazole rings is 1. The van der Waals surface area contributed by atoms with E-state index >= 15 is 0 Å². The number of nitrogens with one attached hydrogen (secondary N) is 3. The van der Waals surface area contributed by atoms with Gasteiger partial charge in [-0.25, -0.2) is 9.78 Å². The fourth-order valence-corrected chi connectivity index (χ4v) is 3.64. The molecular weight excluding hydrogens is 360 g/mol. The van der Waals surface area contributed by atoms with Crippen LogP contribution in [0.4, 0.5) is 15.6 Å². The van der Waals surface area contributed by atoms with E-state index in [1.54, 1.807) is 29.6 Å². The van der Waals surface area contributed by atoms with Crippen LogP contribution in [-0.2, 0) is 0 Å². The molecule has 0 aliphatic heterocycles. The summed E-state index contributed by atoms with van der Waals surface area (Å²) < 4.78 is 0. The highest BCUT2D eigenvalue weighted by Crippen LogP contribution is 2.20. The average Bonchev–Trinajstić information content (AvgIpc) is 3.04. The molecule has 0 bridgehead atoms. The lowest BCUT2D eigenvalue weighted by Crippen LogP contribution is -2.36. The first-order valence-corrected chi connectivity index (χ1v) is 9.46. The first-order chi connectivity index (χ1) is 12.1. The van der Waals surface area contributed by atoms with Crippen LogP contribution < -0.4 is 16.0 Å². The van der Waals surface area contributed by atoms with Crippen LogP contribution in [0.15, 0.2) is 29.6 Å². The summed E-state index contributed by atoms with van der Waals surface area (Å²) in [5, 5.41) is 10.9. The van der Waals surface area contributed by atoms with Crippen molar-refractivity contribution >= 4 is 45.7 Å². The van der Waals surface area contributed by atoms with Gasteiger partial charge in [-0.1, -0.05) is 36.9 Å². The zero-order valence-electron chi connectivity index (χ0n) is 13.5. The molecule has 25 heavy (non-hydrogen) atoms. The highest BCUT2D eigenvalue weighted by atomic mass is 35.5. The van der Waals surface area contributed by atoms with Gasteiger partial charge in [0.25, 0.3) is 5.91 Å². The quantitative estimate of drug-likeness (QED) is 0.732. The summed E-state index contributed by atoms with van der Waals surface area (Å²) >= 11 is 7.09. The Labute approximate surface area is 155 Å². The molecule has 6 nitrogen and oxygen atoms in total. The number of carbonyl (C=O) groups is 2. The molecule has 1 aliphatic carbocycles. The molecule has 0 saturated heterocycles. The van der Waals surface area contributed by atoms with E-state index in [0.717, 1.165) is 25.7 Å². The first kappa shape index (κ1) is 17.7. The second kappa shape index (κ2) is 8.31. The zero-order chi connectivity index (χ0) is 17.6. The number of nitrogens with zero attached hydrogens (tertiary/aromatic N) is 1. The fraction of sp³-hybridized carbons (Fsp3) is 0.353. The van der Waals surface area contributed by atoms with E-state index in [1.807, 2.05) is 0 Å². The van der Waals surface area contributed by atoms with Crippen molar-refractivity contribution in [3.05, 3.63) is 40.4 Å². The molecule has 3 rings (SSSR count). The SMILES string of the molecule is O=C(Nc1cccc(Cl)c1)Nc1nc(C(=O)NC2CCCCC2)cs1. The van der Waals surface area contributed by atoms with Crippen LogP contribution in [0.25, 0.3) is 0 Å². The Morgan fingerprint density at radius 1 is 1.16 bits per heavy atom. The van der Waals surface area contributed by atoms with Gasteiger partial charge < -0.3 is 10.6 Å². The number of anilines is 2. The molecule has 0 radical (unpaired) electrons. The molecule has 1 aromatic heterocycles. The van der Waals surface area contributed by atoms with Crippen LogP contribution in [0.1, 0.15) is 42.6 Å². The van der Waals surface area contributed by atoms with Gasteiger partial charge in [-0.05, 0) is 31.0 Å². The summed E-state index contributed by atoms with van der Waals surface area (Å²) in [6.45, 7) is 0. The van der Waals surface area contributed by atoms with Gasteiger partial charge in [-0.3, -0.25) is 10.1 Å². The van der Waals surface area contributed by atoms with Crippen molar-refractivity contribution in [3.8, 4) is 0 Å². The molecule has 1 aliphatic rings. The Hall–Kier alpha value is -2.12. The van der Waals surface area contributed by atoms with Gasteiger partial charge in [-0.2, -0.15) is 0 Å². The van der Waals surface area contributed by atoms with Crippen LogP contribution in [0, 0.1) is 0 Å². The van der Waals surface area contributed by atoms with Crippen molar-refractivity contribution in [1.29, 1.82) is 0 Å². The molecule has 2 aromatic rings. The topological polar surface area (TPSA) is 83.1 Å². The maximum Gasteiger partial charge on any atom is 0.325 e. The predicted molar refractivity (Wildman–Crippen MR) is 101 cm³/mol. The number of halogens is 1. The largest absolute Gasteiger partial charge is 0.348 e.